The zero-order chi connectivity index (χ0) is 46.4. The van der Waals surface area contributed by atoms with Gasteiger partial charge in [-0.2, -0.15) is 0 Å². The van der Waals surface area contributed by atoms with Gasteiger partial charge in [0.15, 0.2) is 18.5 Å². The number of hydrogen-bond donors (Lipinski definition) is 10. The molecule has 6 unspecified atom stereocenters. The van der Waals surface area contributed by atoms with E-state index in [9.17, 15) is 78.2 Å². The van der Waals surface area contributed by atoms with Crippen LogP contribution in [-0.2, 0) is 44.0 Å². The van der Waals surface area contributed by atoms with E-state index in [1.54, 1.807) is 30.3 Å². The molecule has 10 N–H and O–H groups in total. The third-order valence-electron chi connectivity index (χ3n) is 11.0. The molecule has 3 aliphatic heterocycles. The summed E-state index contributed by atoms with van der Waals surface area (Å²) in [7, 11) is -7.00. The van der Waals surface area contributed by atoms with E-state index >= 15 is 0 Å². The van der Waals surface area contributed by atoms with E-state index in [0.717, 1.165) is 12.1 Å². The maximum Gasteiger partial charge on any atom is 0.356 e. The van der Waals surface area contributed by atoms with Gasteiger partial charge in [0.2, 0.25) is 12.2 Å². The lowest BCUT2D eigenvalue weighted by atomic mass is 9.90. The summed E-state index contributed by atoms with van der Waals surface area (Å²) >= 11 is 0. The molecule has 4 aromatic carbocycles. The average Bonchev–Trinajstić information content (AvgIpc) is 3.25. The minimum Gasteiger partial charge on any atom is -0.479 e. The van der Waals surface area contributed by atoms with Gasteiger partial charge in [-0.3, -0.25) is 13.6 Å². The Labute approximate surface area is 363 Å². The molecule has 0 saturated carbocycles. The first kappa shape index (κ1) is 46.9. The Morgan fingerprint density at radius 1 is 0.734 bits per heavy atom. The first-order valence-electron chi connectivity index (χ1n) is 19.2. The van der Waals surface area contributed by atoms with Crippen molar-refractivity contribution in [2.75, 3.05) is 10.7 Å². The molecular formula is C41H41FNO19PS. The van der Waals surface area contributed by atoms with Crippen LogP contribution < -0.4 is 14.9 Å². The van der Waals surface area contributed by atoms with Gasteiger partial charge in [0.25, 0.3) is 0 Å². The second-order valence-corrected chi connectivity index (χ2v) is 18.3. The molecule has 3 heterocycles. The number of nitrogens with zero attached hydrogens (tertiary/aromatic N) is 1. The van der Waals surface area contributed by atoms with Crippen molar-refractivity contribution in [1.29, 1.82) is 0 Å². The van der Waals surface area contributed by atoms with Crippen molar-refractivity contribution in [3.63, 3.8) is 0 Å². The third-order valence-corrected chi connectivity index (χ3v) is 13.6. The predicted octanol–water partition coefficient (Wildman–Crippen LogP) is -0.578. The number of carbonyl (C=O) groups excluding carboxylic acids is 1. The number of β-lactam (4-membered cyclic amide) rings is 1. The second kappa shape index (κ2) is 18.8. The van der Waals surface area contributed by atoms with E-state index in [1.807, 2.05) is 0 Å². The van der Waals surface area contributed by atoms with Gasteiger partial charge in [0.1, 0.15) is 53.4 Å². The lowest BCUT2D eigenvalue weighted by Gasteiger charge is -2.47. The molecule has 0 aromatic heterocycles. The number of rotatable bonds is 14. The lowest BCUT2D eigenvalue weighted by Crippen LogP contribution is -2.62. The molecule has 342 valence electrons. The Bertz CT molecular complexity index is 2430. The van der Waals surface area contributed by atoms with Crippen LogP contribution >= 0.6 is 7.60 Å². The monoisotopic (exact) mass is 933 g/mol. The summed E-state index contributed by atoms with van der Waals surface area (Å²) in [5.41, 5.74) is 1.12. The molecule has 1 amide bonds. The van der Waals surface area contributed by atoms with Gasteiger partial charge in [-0.15, -0.1) is 0 Å². The molecule has 4 aromatic rings. The second-order valence-electron chi connectivity index (χ2n) is 15.1. The fourth-order valence-corrected chi connectivity index (χ4v) is 9.76. The Morgan fingerprint density at radius 3 is 1.84 bits per heavy atom. The molecule has 20 nitrogen and oxygen atoms in total. The number of aliphatic hydroxyl groups is 6. The number of aliphatic carboxylic acids is 2. The van der Waals surface area contributed by atoms with Gasteiger partial charge < -0.3 is 74.5 Å². The van der Waals surface area contributed by atoms with E-state index in [2.05, 4.69) is 0 Å². The van der Waals surface area contributed by atoms with Gasteiger partial charge in [-0.05, 0) is 59.2 Å². The molecule has 3 fully saturated rings. The van der Waals surface area contributed by atoms with Crippen molar-refractivity contribution in [3.8, 4) is 16.9 Å². The Kier molecular flexibility index (Phi) is 13.8. The van der Waals surface area contributed by atoms with Crippen LogP contribution in [0.4, 0.5) is 10.1 Å². The SMILES string of the molecule is O=C(O)C1O[C@@H](Oc2cc(-c3ccc(P(=O)(O)O)cc3)ccc2[C@@H]2[C@@H](S(=O)C[C@H](O[C@@H]3OC(C(=O)O)[C@@H](O)[C@H](O)C3O)c3ccc(F)cc3)C(=O)N2c2ccccc2)C(O)[C@@H](O)C1O. The highest BCUT2D eigenvalue weighted by Crippen LogP contribution is 2.47. The van der Waals surface area contributed by atoms with E-state index in [0.29, 0.717) is 16.8 Å². The predicted molar refractivity (Wildman–Crippen MR) is 217 cm³/mol. The van der Waals surface area contributed by atoms with Crippen LogP contribution in [0.2, 0.25) is 0 Å². The number of anilines is 1. The average molecular weight is 934 g/mol. The lowest BCUT2D eigenvalue weighted by molar-refractivity contribution is -0.303. The number of carbonyl (C=O) groups is 3. The van der Waals surface area contributed by atoms with Crippen LogP contribution in [0.5, 0.6) is 5.75 Å². The standard InChI is InChI=1S/C41H41FNO19PS/c42-21-11-6-19(7-12-21)26(60-41-33(49)29(45)31(47)35(62-41)39(53)54)17-64(58)36-27(43(37(36)50)22-4-2-1-3-5-22)24-15-10-20(18-8-13-23(14-9-18)63(55,56)57)16-25(24)59-40-32(48)28(44)30(46)34(61-40)38(51)52/h1-16,26-36,40-41,44-49H,17H2,(H,51,52)(H,53,54)(H2,55,56,57)/t26-,27+,28-,29-,30?,31-,32?,33?,34?,35?,36+,40+,41+,64?/m0/s1. The first-order chi connectivity index (χ1) is 30.3. The number of halogens is 1. The number of benzene rings is 4. The normalized spacial score (nSPS) is 30.5. The van der Waals surface area contributed by atoms with Gasteiger partial charge in [-0.1, -0.05) is 54.6 Å². The summed E-state index contributed by atoms with van der Waals surface area (Å²) in [5, 5.41) is 80.9. The molecule has 14 atom stereocenters. The molecule has 7 rings (SSSR count). The van der Waals surface area contributed by atoms with Crippen molar-refractivity contribution in [2.24, 2.45) is 0 Å². The van der Waals surface area contributed by atoms with Gasteiger partial charge in [0.05, 0.1) is 23.2 Å². The summed E-state index contributed by atoms with van der Waals surface area (Å²) in [4.78, 5) is 58.7. The zero-order valence-corrected chi connectivity index (χ0v) is 34.5. The minimum atomic E-state index is -4.65. The fraction of sp³-hybridized carbons (Fsp3) is 0.341. The topological polar surface area (TPSA) is 328 Å². The van der Waals surface area contributed by atoms with Crippen molar-refractivity contribution >= 4 is 47.2 Å². The summed E-state index contributed by atoms with van der Waals surface area (Å²) in [6, 6.07) is 20.7. The maximum atomic E-state index is 14.7. The van der Waals surface area contributed by atoms with E-state index in [-0.39, 0.29) is 22.2 Å². The van der Waals surface area contributed by atoms with E-state index < -0.39 is 127 Å². The summed E-state index contributed by atoms with van der Waals surface area (Å²) in [5.74, 6) is -5.70. The smallest absolute Gasteiger partial charge is 0.356 e. The largest absolute Gasteiger partial charge is 0.479 e. The highest BCUT2D eigenvalue weighted by Gasteiger charge is 2.55. The molecule has 3 aliphatic rings. The van der Waals surface area contributed by atoms with Gasteiger partial charge >= 0.3 is 19.5 Å². The Morgan fingerprint density at radius 2 is 1.28 bits per heavy atom. The molecule has 64 heavy (non-hydrogen) atoms. The molecule has 0 aliphatic carbocycles. The number of para-hydroxylation sites is 1. The number of hydrogen-bond acceptors (Lipinski definition) is 15. The van der Waals surface area contributed by atoms with E-state index in [1.165, 1.54) is 59.5 Å². The first-order valence-corrected chi connectivity index (χ1v) is 22.2. The number of amides is 1. The molecule has 0 bridgehead atoms. The zero-order valence-electron chi connectivity index (χ0n) is 32.8. The van der Waals surface area contributed by atoms with Crippen LogP contribution in [0.3, 0.4) is 0 Å². The highest BCUT2D eigenvalue weighted by molar-refractivity contribution is 7.86. The van der Waals surface area contributed by atoms with Crippen molar-refractivity contribution in [1.82, 2.24) is 0 Å². The molecule has 0 radical (unpaired) electrons. The third kappa shape index (κ3) is 9.37. The van der Waals surface area contributed by atoms with Crippen LogP contribution in [-0.4, -0.2) is 145 Å². The van der Waals surface area contributed by atoms with Crippen molar-refractivity contribution in [3.05, 3.63) is 114 Å². The maximum absolute atomic E-state index is 14.7. The van der Waals surface area contributed by atoms with E-state index in [4.69, 9.17) is 18.9 Å². The summed E-state index contributed by atoms with van der Waals surface area (Å²) < 4.78 is 63.5. The van der Waals surface area contributed by atoms with Crippen LogP contribution in [0, 0.1) is 5.82 Å². The Hall–Kier alpha value is -5.04. The number of carboxylic acid groups (broad SMARTS) is 2. The van der Waals surface area contributed by atoms with Crippen LogP contribution in [0.25, 0.3) is 11.1 Å². The number of aliphatic hydroxyl groups excluding tert-OH is 6. The van der Waals surface area contributed by atoms with Crippen LogP contribution in [0.15, 0.2) is 97.1 Å². The quantitative estimate of drug-likeness (QED) is 0.0559. The molecule has 3 saturated heterocycles. The Balaban J connectivity index is 1.30. The molecular weight excluding hydrogens is 892 g/mol. The molecule has 23 heteroatoms. The highest BCUT2D eigenvalue weighted by atomic mass is 32.2. The van der Waals surface area contributed by atoms with Gasteiger partial charge in [-0.25, -0.2) is 14.0 Å². The number of carboxylic acids is 2. The summed E-state index contributed by atoms with van der Waals surface area (Å²) in [6.45, 7) is 0. The fourth-order valence-electron chi connectivity index (χ4n) is 7.55. The van der Waals surface area contributed by atoms with Gasteiger partial charge in [0, 0.05) is 22.1 Å². The number of ether oxygens (including phenoxy) is 4. The molecule has 0 spiro atoms. The van der Waals surface area contributed by atoms with Crippen molar-refractivity contribution in [2.45, 2.75) is 78.8 Å². The van der Waals surface area contributed by atoms with Crippen LogP contribution in [0.1, 0.15) is 23.3 Å². The summed E-state index contributed by atoms with van der Waals surface area (Å²) in [6.07, 6.45) is -22.0. The van der Waals surface area contributed by atoms with Crippen molar-refractivity contribution < 1.29 is 97.1 Å². The minimum absolute atomic E-state index is 0.0624.